The van der Waals surface area contributed by atoms with Crippen molar-refractivity contribution < 1.29 is 23.0 Å². The van der Waals surface area contributed by atoms with Crippen LogP contribution in [0.3, 0.4) is 0 Å². The molecule has 0 unspecified atom stereocenters. The average Bonchev–Trinajstić information content (AvgIpc) is 2.04. The van der Waals surface area contributed by atoms with E-state index in [0.717, 1.165) is 6.07 Å². The van der Waals surface area contributed by atoms with Gasteiger partial charge in [0, 0.05) is 0 Å². The van der Waals surface area contributed by atoms with Gasteiger partial charge in [0.25, 0.3) is 0 Å². The number of phenols is 1. The van der Waals surface area contributed by atoms with Crippen LogP contribution >= 0.6 is 27.5 Å². The fourth-order valence-electron chi connectivity index (χ4n) is 0.731. The first-order chi connectivity index (χ1) is 6.31. The van der Waals surface area contributed by atoms with Gasteiger partial charge in [-0.25, -0.2) is 0 Å². The van der Waals surface area contributed by atoms with Crippen LogP contribution in [0.25, 0.3) is 0 Å². The highest BCUT2D eigenvalue weighted by molar-refractivity contribution is 9.10. The van der Waals surface area contributed by atoms with Crippen molar-refractivity contribution in [3.05, 3.63) is 21.6 Å². The highest BCUT2D eigenvalue weighted by Crippen LogP contribution is 2.41. The summed E-state index contributed by atoms with van der Waals surface area (Å²) in [4.78, 5) is 0. The van der Waals surface area contributed by atoms with Gasteiger partial charge >= 0.3 is 6.36 Å². The Kier molecular flexibility index (Phi) is 3.16. The van der Waals surface area contributed by atoms with Crippen LogP contribution in [0.5, 0.6) is 11.5 Å². The fourth-order valence-corrected chi connectivity index (χ4v) is 1.46. The molecule has 0 bridgehead atoms. The first-order valence-corrected chi connectivity index (χ1v) is 4.41. The molecular weight excluding hydrogens is 288 g/mol. The zero-order valence-electron chi connectivity index (χ0n) is 6.40. The lowest BCUT2D eigenvalue weighted by Gasteiger charge is -2.12. The molecular formula is C7H3BrClF3O2. The number of halogens is 5. The van der Waals surface area contributed by atoms with Gasteiger partial charge in [-0.2, -0.15) is 0 Å². The van der Waals surface area contributed by atoms with Gasteiger partial charge in [-0.15, -0.1) is 13.2 Å². The number of hydrogen-bond acceptors (Lipinski definition) is 2. The van der Waals surface area contributed by atoms with E-state index in [9.17, 15) is 13.2 Å². The second kappa shape index (κ2) is 3.86. The third kappa shape index (κ3) is 2.68. The lowest BCUT2D eigenvalue weighted by Crippen LogP contribution is -2.17. The predicted octanol–water partition coefficient (Wildman–Crippen LogP) is 3.71. The lowest BCUT2D eigenvalue weighted by molar-refractivity contribution is -0.274. The third-order valence-corrected chi connectivity index (χ3v) is 2.24. The maximum atomic E-state index is 11.8. The normalized spacial score (nSPS) is 11.5. The molecule has 0 radical (unpaired) electrons. The van der Waals surface area contributed by atoms with Gasteiger partial charge in [0.05, 0.1) is 4.47 Å². The second-order valence-electron chi connectivity index (χ2n) is 2.26. The number of ether oxygens (including phenoxy) is 1. The van der Waals surface area contributed by atoms with Crippen LogP contribution in [0.4, 0.5) is 13.2 Å². The monoisotopic (exact) mass is 290 g/mol. The minimum atomic E-state index is -4.85. The second-order valence-corrected chi connectivity index (χ2v) is 3.49. The van der Waals surface area contributed by atoms with Crippen LogP contribution < -0.4 is 4.74 Å². The summed E-state index contributed by atoms with van der Waals surface area (Å²) in [5, 5.41) is 8.53. The molecule has 0 saturated carbocycles. The molecule has 0 heterocycles. The van der Waals surface area contributed by atoms with Crippen molar-refractivity contribution in [1.82, 2.24) is 0 Å². The number of rotatable bonds is 1. The van der Waals surface area contributed by atoms with Crippen molar-refractivity contribution >= 4 is 27.5 Å². The predicted molar refractivity (Wildman–Crippen MR) is 47.5 cm³/mol. The summed E-state index contributed by atoms with van der Waals surface area (Å²) < 4.78 is 39.2. The molecule has 0 aliphatic heterocycles. The summed E-state index contributed by atoms with van der Waals surface area (Å²) >= 11 is 8.21. The van der Waals surface area contributed by atoms with Crippen LogP contribution in [0, 0.1) is 0 Å². The first kappa shape index (κ1) is 11.5. The zero-order valence-corrected chi connectivity index (χ0v) is 8.74. The Morgan fingerprint density at radius 3 is 2.43 bits per heavy atom. The number of benzene rings is 1. The first-order valence-electron chi connectivity index (χ1n) is 3.24. The maximum Gasteiger partial charge on any atom is 0.573 e. The highest BCUT2D eigenvalue weighted by Gasteiger charge is 2.33. The summed E-state index contributed by atoms with van der Waals surface area (Å²) in [6, 6.07) is 2.35. The Morgan fingerprint density at radius 2 is 1.93 bits per heavy atom. The molecule has 0 fully saturated rings. The van der Waals surface area contributed by atoms with Crippen molar-refractivity contribution in [2.24, 2.45) is 0 Å². The molecule has 1 aromatic carbocycles. The van der Waals surface area contributed by atoms with Crippen LogP contribution in [0.1, 0.15) is 0 Å². The van der Waals surface area contributed by atoms with Crippen LogP contribution in [0.15, 0.2) is 16.6 Å². The minimum Gasteiger partial charge on any atom is -0.506 e. The smallest absolute Gasteiger partial charge is 0.506 e. The van der Waals surface area contributed by atoms with E-state index in [4.69, 9.17) is 16.7 Å². The van der Waals surface area contributed by atoms with Gasteiger partial charge in [-0.3, -0.25) is 0 Å². The quantitative estimate of drug-likeness (QED) is 0.855. The summed E-state index contributed by atoms with van der Waals surface area (Å²) in [6.07, 6.45) is -4.85. The molecule has 0 saturated heterocycles. The molecule has 7 heteroatoms. The van der Waals surface area contributed by atoms with E-state index >= 15 is 0 Å². The number of hydrogen-bond donors (Lipinski definition) is 1. The summed E-state index contributed by atoms with van der Waals surface area (Å²) in [5.41, 5.74) is 0. The van der Waals surface area contributed by atoms with Crippen molar-refractivity contribution in [3.8, 4) is 11.5 Å². The summed E-state index contributed by atoms with van der Waals surface area (Å²) in [6.45, 7) is 0. The van der Waals surface area contributed by atoms with E-state index in [1.165, 1.54) is 6.07 Å². The minimum absolute atomic E-state index is 0.0117. The van der Waals surface area contributed by atoms with Crippen molar-refractivity contribution in [2.45, 2.75) is 6.36 Å². The van der Waals surface area contributed by atoms with E-state index < -0.39 is 22.9 Å². The molecule has 2 nitrogen and oxygen atoms in total. The molecule has 0 aliphatic carbocycles. The molecule has 1 N–H and O–H groups in total. The SMILES string of the molecule is Oc1ccc(Br)c(OC(F)(F)F)c1Cl. The van der Waals surface area contributed by atoms with Crippen molar-refractivity contribution in [3.63, 3.8) is 0 Å². The Morgan fingerprint density at radius 1 is 1.36 bits per heavy atom. The summed E-state index contributed by atoms with van der Waals surface area (Å²) in [5.74, 6) is -1.13. The molecule has 0 aliphatic rings. The van der Waals surface area contributed by atoms with Crippen molar-refractivity contribution in [2.75, 3.05) is 0 Å². The fraction of sp³-hybridized carbons (Fsp3) is 0.143. The van der Waals surface area contributed by atoms with Crippen LogP contribution in [-0.2, 0) is 0 Å². The average molecular weight is 291 g/mol. The molecule has 14 heavy (non-hydrogen) atoms. The Hall–Kier alpha value is -0.620. The molecule has 78 valence electrons. The number of aromatic hydroxyl groups is 1. The van der Waals surface area contributed by atoms with Gasteiger partial charge < -0.3 is 9.84 Å². The molecule has 1 aromatic rings. The van der Waals surface area contributed by atoms with Crippen molar-refractivity contribution in [1.29, 1.82) is 0 Å². The Balaban J connectivity index is 3.13. The van der Waals surface area contributed by atoms with Gasteiger partial charge in [0.1, 0.15) is 10.8 Å². The Bertz CT molecular complexity index is 354. The Labute approximate surface area is 90.4 Å². The molecule has 0 amide bonds. The number of phenolic OH excluding ortho intramolecular Hbond substituents is 1. The highest BCUT2D eigenvalue weighted by atomic mass is 79.9. The van der Waals surface area contributed by atoms with E-state index in [1.807, 2.05) is 0 Å². The largest absolute Gasteiger partial charge is 0.573 e. The summed E-state index contributed by atoms with van der Waals surface area (Å²) in [7, 11) is 0. The van der Waals surface area contributed by atoms with Crippen LogP contribution in [0.2, 0.25) is 5.02 Å². The molecule has 0 aromatic heterocycles. The number of alkyl halides is 3. The third-order valence-electron chi connectivity index (χ3n) is 1.25. The molecule has 0 atom stereocenters. The van der Waals surface area contributed by atoms with Gasteiger partial charge in [-0.1, -0.05) is 11.6 Å². The lowest BCUT2D eigenvalue weighted by atomic mass is 10.3. The maximum absolute atomic E-state index is 11.8. The molecule has 1 rings (SSSR count). The van der Waals surface area contributed by atoms with Gasteiger partial charge in [0.2, 0.25) is 0 Å². The standard InChI is InChI=1S/C7H3BrClF3O2/c8-3-1-2-4(13)5(9)6(3)14-7(10,11)12/h1-2,13H. The topological polar surface area (TPSA) is 29.5 Å². The van der Waals surface area contributed by atoms with E-state index in [1.54, 1.807) is 0 Å². The van der Waals surface area contributed by atoms with E-state index in [0.29, 0.717) is 0 Å². The van der Waals surface area contributed by atoms with E-state index in [-0.39, 0.29) is 4.47 Å². The zero-order chi connectivity index (χ0) is 10.9. The molecule has 0 spiro atoms. The van der Waals surface area contributed by atoms with Gasteiger partial charge in [-0.05, 0) is 28.1 Å². The van der Waals surface area contributed by atoms with Gasteiger partial charge in [0.15, 0.2) is 5.75 Å². The van der Waals surface area contributed by atoms with E-state index in [2.05, 4.69) is 20.7 Å². The van der Waals surface area contributed by atoms with Crippen LogP contribution in [-0.4, -0.2) is 11.5 Å².